The van der Waals surface area contributed by atoms with Crippen molar-refractivity contribution in [2.75, 3.05) is 0 Å². The maximum absolute atomic E-state index is 4.92. The minimum absolute atomic E-state index is 0.762. The van der Waals surface area contributed by atoms with E-state index in [0.717, 1.165) is 32.3 Å². The van der Waals surface area contributed by atoms with Crippen molar-refractivity contribution in [1.82, 2.24) is 9.97 Å². The van der Waals surface area contributed by atoms with E-state index in [0.29, 0.717) is 0 Å². The Morgan fingerprint density at radius 1 is 0.889 bits per heavy atom. The second kappa shape index (κ2) is 7.14. The summed E-state index contributed by atoms with van der Waals surface area (Å²) in [5.74, 6) is 1.66. The Morgan fingerprint density at radius 3 is 2.67 bits per heavy atom. The highest BCUT2D eigenvalue weighted by molar-refractivity contribution is 7.98. The molecule has 5 rings (SSSR count). The standard InChI is InChI=1S/C23H15N2S2/c1-2-8-16(9-3-1)15-26-19-12-6-5-11-18(19)23-24-14-21-22(25-23)17-10-4-7-13-20(17)27-21/h1-11,13-14H,15H2. The molecule has 0 aliphatic carbocycles. The number of nitrogens with zero attached hydrogens (tertiary/aromatic N) is 2. The van der Waals surface area contributed by atoms with E-state index in [1.165, 1.54) is 15.6 Å². The van der Waals surface area contributed by atoms with Crippen LogP contribution in [0, 0.1) is 6.07 Å². The molecular formula is C23H15N2S2. The second-order valence-electron chi connectivity index (χ2n) is 6.19. The maximum Gasteiger partial charge on any atom is 0.161 e. The van der Waals surface area contributed by atoms with Crippen LogP contribution in [0.4, 0.5) is 0 Å². The van der Waals surface area contributed by atoms with E-state index in [9.17, 15) is 0 Å². The molecule has 4 heteroatoms. The van der Waals surface area contributed by atoms with Gasteiger partial charge in [-0.3, -0.25) is 0 Å². The van der Waals surface area contributed by atoms with Gasteiger partial charge in [-0.15, -0.1) is 23.1 Å². The molecule has 27 heavy (non-hydrogen) atoms. The predicted octanol–water partition coefficient (Wildman–Crippen LogP) is 6.60. The lowest BCUT2D eigenvalue weighted by molar-refractivity contribution is 1.21. The Morgan fingerprint density at radius 2 is 1.74 bits per heavy atom. The lowest BCUT2D eigenvalue weighted by atomic mass is 10.2. The van der Waals surface area contributed by atoms with Crippen molar-refractivity contribution in [3.05, 3.63) is 90.6 Å². The molecule has 2 nitrogen and oxygen atoms in total. The van der Waals surface area contributed by atoms with Crippen molar-refractivity contribution < 1.29 is 0 Å². The molecular weight excluding hydrogens is 368 g/mol. The average Bonchev–Trinajstić information content (AvgIpc) is 3.11. The van der Waals surface area contributed by atoms with Crippen LogP contribution in [-0.2, 0) is 5.75 Å². The van der Waals surface area contributed by atoms with Crippen molar-refractivity contribution in [3.63, 3.8) is 0 Å². The van der Waals surface area contributed by atoms with Crippen molar-refractivity contribution in [3.8, 4) is 11.4 Å². The Kier molecular flexibility index (Phi) is 4.36. The van der Waals surface area contributed by atoms with Crippen LogP contribution in [0.5, 0.6) is 0 Å². The molecule has 1 radical (unpaired) electrons. The Hall–Kier alpha value is -2.69. The Labute approximate surface area is 165 Å². The molecule has 0 saturated carbocycles. The van der Waals surface area contributed by atoms with Gasteiger partial charge in [-0.05, 0) is 17.7 Å². The van der Waals surface area contributed by atoms with Crippen LogP contribution in [0.15, 0.2) is 83.9 Å². The largest absolute Gasteiger partial charge is 0.235 e. The summed E-state index contributed by atoms with van der Waals surface area (Å²) >= 11 is 3.51. The van der Waals surface area contributed by atoms with Crippen LogP contribution in [0.3, 0.4) is 0 Å². The molecule has 0 fully saturated rings. The van der Waals surface area contributed by atoms with Crippen molar-refractivity contribution in [2.45, 2.75) is 10.6 Å². The van der Waals surface area contributed by atoms with Crippen LogP contribution in [0.1, 0.15) is 5.56 Å². The number of thiophene rings is 1. The van der Waals surface area contributed by atoms with E-state index in [1.807, 2.05) is 24.4 Å². The third kappa shape index (κ3) is 3.22. The van der Waals surface area contributed by atoms with Gasteiger partial charge in [0.2, 0.25) is 0 Å². The number of thioether (sulfide) groups is 1. The fraction of sp³-hybridized carbons (Fsp3) is 0.0435. The minimum Gasteiger partial charge on any atom is -0.235 e. The van der Waals surface area contributed by atoms with E-state index in [-0.39, 0.29) is 0 Å². The fourth-order valence-electron chi connectivity index (χ4n) is 3.08. The number of aromatic nitrogens is 2. The first-order chi connectivity index (χ1) is 13.4. The molecule has 0 aliphatic heterocycles. The fourth-order valence-corrected chi connectivity index (χ4v) is 5.07. The van der Waals surface area contributed by atoms with Crippen LogP contribution in [0.25, 0.3) is 31.7 Å². The Bertz CT molecular complexity index is 1230. The van der Waals surface area contributed by atoms with Gasteiger partial charge >= 0.3 is 0 Å². The lowest BCUT2D eigenvalue weighted by Gasteiger charge is -2.08. The number of hydrogen-bond donors (Lipinski definition) is 0. The van der Waals surface area contributed by atoms with Crippen molar-refractivity contribution >= 4 is 43.4 Å². The predicted molar refractivity (Wildman–Crippen MR) is 115 cm³/mol. The number of benzene rings is 3. The summed E-state index contributed by atoms with van der Waals surface area (Å²) in [5.41, 5.74) is 3.37. The second-order valence-corrected chi connectivity index (χ2v) is 8.26. The zero-order chi connectivity index (χ0) is 18.1. The van der Waals surface area contributed by atoms with Gasteiger partial charge in [0, 0.05) is 32.5 Å². The quantitative estimate of drug-likeness (QED) is 0.327. The lowest BCUT2D eigenvalue weighted by Crippen LogP contribution is -1.91. The Balaban J connectivity index is 1.55. The van der Waals surface area contributed by atoms with Crippen molar-refractivity contribution in [2.24, 2.45) is 0 Å². The normalized spacial score (nSPS) is 11.3. The number of fused-ring (bicyclic) bond motifs is 3. The van der Waals surface area contributed by atoms with Crippen LogP contribution in [0.2, 0.25) is 0 Å². The summed E-state index contributed by atoms with van der Waals surface area (Å²) in [7, 11) is 0. The van der Waals surface area contributed by atoms with Gasteiger partial charge in [-0.1, -0.05) is 66.7 Å². The smallest absolute Gasteiger partial charge is 0.161 e. The first kappa shape index (κ1) is 16.5. The van der Waals surface area contributed by atoms with Crippen LogP contribution >= 0.6 is 23.1 Å². The third-order valence-electron chi connectivity index (χ3n) is 4.40. The summed E-state index contributed by atoms with van der Waals surface area (Å²) in [5, 5.41) is 1.19. The molecule has 0 N–H and O–H groups in total. The molecule has 2 heterocycles. The molecule has 129 valence electrons. The SMILES string of the molecule is [c]1cccc(-c2ncc3sc4ccccc4c3n2)c1SCc1ccccc1. The van der Waals surface area contributed by atoms with E-state index >= 15 is 0 Å². The highest BCUT2D eigenvalue weighted by Crippen LogP contribution is 2.35. The highest BCUT2D eigenvalue weighted by Gasteiger charge is 2.12. The third-order valence-corrected chi connectivity index (χ3v) is 6.60. The zero-order valence-electron chi connectivity index (χ0n) is 14.4. The van der Waals surface area contributed by atoms with E-state index < -0.39 is 0 Å². The molecule has 5 aromatic rings. The summed E-state index contributed by atoms with van der Waals surface area (Å²) in [4.78, 5) is 10.7. The zero-order valence-corrected chi connectivity index (χ0v) is 16.1. The topological polar surface area (TPSA) is 25.8 Å². The summed E-state index contributed by atoms with van der Waals surface area (Å²) in [6.07, 6.45) is 1.95. The summed E-state index contributed by atoms with van der Waals surface area (Å²) in [6, 6.07) is 28.3. The van der Waals surface area contributed by atoms with Gasteiger partial charge in [-0.2, -0.15) is 0 Å². The summed E-state index contributed by atoms with van der Waals surface area (Å²) < 4.78 is 2.37. The van der Waals surface area contributed by atoms with Gasteiger partial charge in [-0.25, -0.2) is 9.97 Å². The molecule has 0 unspecified atom stereocenters. The molecule has 0 amide bonds. The molecule has 0 atom stereocenters. The van der Waals surface area contributed by atoms with E-state index in [4.69, 9.17) is 4.98 Å². The molecule has 2 aromatic heterocycles. The van der Waals surface area contributed by atoms with Crippen LogP contribution in [-0.4, -0.2) is 9.97 Å². The van der Waals surface area contributed by atoms with E-state index in [2.05, 4.69) is 65.6 Å². The molecule has 3 aromatic carbocycles. The van der Waals surface area contributed by atoms with Gasteiger partial charge < -0.3 is 0 Å². The van der Waals surface area contributed by atoms with E-state index in [1.54, 1.807) is 23.1 Å². The number of rotatable bonds is 4. The first-order valence-electron chi connectivity index (χ1n) is 8.70. The molecule has 0 spiro atoms. The van der Waals surface area contributed by atoms with Gasteiger partial charge in [0.15, 0.2) is 5.82 Å². The van der Waals surface area contributed by atoms with Gasteiger partial charge in [0.05, 0.1) is 10.2 Å². The summed E-state index contributed by atoms with van der Waals surface area (Å²) in [6.45, 7) is 0. The van der Waals surface area contributed by atoms with Crippen molar-refractivity contribution in [1.29, 1.82) is 0 Å². The average molecular weight is 384 g/mol. The molecule has 0 saturated heterocycles. The minimum atomic E-state index is 0.762. The maximum atomic E-state index is 4.92. The molecule has 0 bridgehead atoms. The van der Waals surface area contributed by atoms with Crippen LogP contribution < -0.4 is 0 Å². The first-order valence-corrected chi connectivity index (χ1v) is 10.5. The molecule has 0 aliphatic rings. The monoisotopic (exact) mass is 383 g/mol. The van der Waals surface area contributed by atoms with Gasteiger partial charge in [0.1, 0.15) is 0 Å². The highest BCUT2D eigenvalue weighted by atomic mass is 32.2. The van der Waals surface area contributed by atoms with Gasteiger partial charge in [0.25, 0.3) is 0 Å². The number of hydrogen-bond acceptors (Lipinski definition) is 4.